The summed E-state index contributed by atoms with van der Waals surface area (Å²) in [7, 11) is 0. The van der Waals surface area contributed by atoms with Crippen molar-refractivity contribution in [2.45, 2.75) is 58.2 Å². The Labute approximate surface area is 175 Å². The van der Waals surface area contributed by atoms with Gasteiger partial charge in [0.2, 0.25) is 0 Å². The lowest BCUT2D eigenvalue weighted by atomic mass is 10.1. The minimum Gasteiger partial charge on any atom is -0.491 e. The molecule has 0 atom stereocenters. The molecule has 0 unspecified atom stereocenters. The smallest absolute Gasteiger partial charge is 0.274 e. The van der Waals surface area contributed by atoms with Crippen molar-refractivity contribution in [1.29, 1.82) is 0 Å². The van der Waals surface area contributed by atoms with E-state index in [1.54, 1.807) is 28.9 Å². The first-order chi connectivity index (χ1) is 14.5. The van der Waals surface area contributed by atoms with Crippen LogP contribution in [0.1, 0.15) is 61.6 Å². The summed E-state index contributed by atoms with van der Waals surface area (Å²) in [5.41, 5.74) is 1.22. The molecule has 30 heavy (non-hydrogen) atoms. The van der Waals surface area contributed by atoms with Crippen LogP contribution >= 0.6 is 0 Å². The van der Waals surface area contributed by atoms with Gasteiger partial charge < -0.3 is 10.1 Å². The van der Waals surface area contributed by atoms with E-state index in [2.05, 4.69) is 10.4 Å². The van der Waals surface area contributed by atoms with E-state index in [9.17, 15) is 9.59 Å². The van der Waals surface area contributed by atoms with Crippen molar-refractivity contribution in [3.05, 3.63) is 70.1 Å². The third-order valence-corrected chi connectivity index (χ3v) is 5.48. The van der Waals surface area contributed by atoms with Gasteiger partial charge in [0, 0.05) is 10.9 Å². The minimum absolute atomic E-state index is 0.0479. The summed E-state index contributed by atoms with van der Waals surface area (Å²) in [5, 5.41) is 9.05. The maximum Gasteiger partial charge on any atom is 0.274 e. The summed E-state index contributed by atoms with van der Waals surface area (Å²) in [4.78, 5) is 25.6. The van der Waals surface area contributed by atoms with Crippen LogP contribution in [0.3, 0.4) is 0 Å². The molecule has 1 heterocycles. The second-order valence-corrected chi connectivity index (χ2v) is 8.05. The molecule has 6 nitrogen and oxygen atoms in total. The number of nitrogens with one attached hydrogen (secondary N) is 1. The maximum atomic E-state index is 12.9. The predicted molar refractivity (Wildman–Crippen MR) is 117 cm³/mol. The van der Waals surface area contributed by atoms with Gasteiger partial charge in [0.05, 0.1) is 29.8 Å². The summed E-state index contributed by atoms with van der Waals surface area (Å²) in [6.45, 7) is 4.18. The molecule has 1 aliphatic carbocycles. The second kappa shape index (κ2) is 8.69. The fourth-order valence-corrected chi connectivity index (χ4v) is 4.02. The van der Waals surface area contributed by atoms with Crippen molar-refractivity contribution in [1.82, 2.24) is 15.1 Å². The van der Waals surface area contributed by atoms with Crippen LogP contribution in [0.2, 0.25) is 0 Å². The number of aromatic nitrogens is 2. The number of ether oxygens (including phenoxy) is 1. The number of nitrogens with zero attached hydrogens (tertiary/aromatic N) is 2. The SMILES string of the molecule is CC(C)Oc1ccc(C(=O)NCc2nn(C3CCCC3)c(=O)c3ccccc23)cc1. The highest BCUT2D eigenvalue weighted by Gasteiger charge is 2.21. The van der Waals surface area contributed by atoms with Gasteiger partial charge in [-0.1, -0.05) is 31.0 Å². The highest BCUT2D eigenvalue weighted by atomic mass is 16.5. The molecular formula is C24H27N3O3. The van der Waals surface area contributed by atoms with Gasteiger partial charge in [-0.15, -0.1) is 0 Å². The Bertz CT molecular complexity index is 1100. The average Bonchev–Trinajstić information content (AvgIpc) is 3.28. The lowest BCUT2D eigenvalue weighted by molar-refractivity contribution is 0.0950. The molecule has 4 rings (SSSR count). The van der Waals surface area contributed by atoms with Gasteiger partial charge in [0.1, 0.15) is 5.75 Å². The van der Waals surface area contributed by atoms with Gasteiger partial charge in [-0.05, 0) is 57.0 Å². The molecule has 1 fully saturated rings. The number of fused-ring (bicyclic) bond motifs is 1. The van der Waals surface area contributed by atoms with Crippen molar-refractivity contribution in [3.8, 4) is 5.75 Å². The van der Waals surface area contributed by atoms with E-state index in [1.807, 2.05) is 38.1 Å². The van der Waals surface area contributed by atoms with Crippen molar-refractivity contribution in [2.75, 3.05) is 0 Å². The van der Waals surface area contributed by atoms with E-state index in [1.165, 1.54) is 0 Å². The van der Waals surface area contributed by atoms with E-state index >= 15 is 0 Å². The lowest BCUT2D eigenvalue weighted by Crippen LogP contribution is -2.30. The Morgan fingerprint density at radius 3 is 2.43 bits per heavy atom. The third-order valence-electron chi connectivity index (χ3n) is 5.48. The van der Waals surface area contributed by atoms with E-state index in [0.29, 0.717) is 16.6 Å². The normalized spacial score (nSPS) is 14.4. The number of benzene rings is 2. The number of carbonyl (C=O) groups is 1. The van der Waals surface area contributed by atoms with Crippen molar-refractivity contribution in [2.24, 2.45) is 0 Å². The molecule has 1 saturated carbocycles. The van der Waals surface area contributed by atoms with Gasteiger partial charge in [0.25, 0.3) is 11.5 Å². The summed E-state index contributed by atoms with van der Waals surface area (Å²) in [6.07, 6.45) is 4.27. The van der Waals surface area contributed by atoms with E-state index in [0.717, 1.165) is 36.8 Å². The molecule has 1 aromatic heterocycles. The van der Waals surface area contributed by atoms with Crippen LogP contribution in [0.25, 0.3) is 10.8 Å². The fourth-order valence-electron chi connectivity index (χ4n) is 4.02. The van der Waals surface area contributed by atoms with Crippen LogP contribution in [0.4, 0.5) is 0 Å². The molecule has 0 radical (unpaired) electrons. The van der Waals surface area contributed by atoms with Gasteiger partial charge in [-0.3, -0.25) is 9.59 Å². The molecule has 0 aliphatic heterocycles. The Balaban J connectivity index is 1.56. The van der Waals surface area contributed by atoms with Gasteiger partial charge in [-0.25, -0.2) is 4.68 Å². The molecule has 1 N–H and O–H groups in total. The molecule has 0 bridgehead atoms. The fraction of sp³-hybridized carbons (Fsp3) is 0.375. The topological polar surface area (TPSA) is 73.2 Å². The Morgan fingerprint density at radius 1 is 1.10 bits per heavy atom. The average molecular weight is 405 g/mol. The van der Waals surface area contributed by atoms with Crippen LogP contribution < -0.4 is 15.6 Å². The van der Waals surface area contributed by atoms with Crippen LogP contribution in [0.15, 0.2) is 53.3 Å². The summed E-state index contributed by atoms with van der Waals surface area (Å²) in [5.74, 6) is 0.549. The zero-order valence-electron chi connectivity index (χ0n) is 17.4. The highest BCUT2D eigenvalue weighted by Crippen LogP contribution is 2.28. The van der Waals surface area contributed by atoms with Crippen LogP contribution in [-0.2, 0) is 6.54 Å². The van der Waals surface area contributed by atoms with E-state index < -0.39 is 0 Å². The van der Waals surface area contributed by atoms with Gasteiger partial charge in [0.15, 0.2) is 0 Å². The number of hydrogen-bond acceptors (Lipinski definition) is 4. The highest BCUT2D eigenvalue weighted by molar-refractivity contribution is 5.94. The minimum atomic E-state index is -0.185. The molecule has 2 aromatic carbocycles. The summed E-state index contributed by atoms with van der Waals surface area (Å²) in [6, 6.07) is 14.7. The molecule has 0 spiro atoms. The standard InChI is InChI=1S/C24H27N3O3/c1-16(2)30-19-13-11-17(12-14-19)23(28)25-15-22-20-9-5-6-10-21(20)24(29)27(26-22)18-7-3-4-8-18/h5-6,9-14,16,18H,3-4,7-8,15H2,1-2H3,(H,25,28). The molecule has 6 heteroatoms. The third kappa shape index (κ3) is 4.22. The van der Waals surface area contributed by atoms with Crippen LogP contribution in [-0.4, -0.2) is 21.8 Å². The van der Waals surface area contributed by atoms with Crippen molar-refractivity contribution in [3.63, 3.8) is 0 Å². The number of amides is 1. The molecule has 3 aromatic rings. The summed E-state index contributed by atoms with van der Waals surface area (Å²) >= 11 is 0. The van der Waals surface area contributed by atoms with E-state index in [-0.39, 0.29) is 30.2 Å². The Hall–Kier alpha value is -3.15. The molecule has 1 aliphatic rings. The largest absolute Gasteiger partial charge is 0.491 e. The molecule has 156 valence electrons. The Morgan fingerprint density at radius 2 is 1.77 bits per heavy atom. The monoisotopic (exact) mass is 405 g/mol. The Kier molecular flexibility index (Phi) is 5.84. The first-order valence-electron chi connectivity index (χ1n) is 10.6. The zero-order chi connectivity index (χ0) is 21.1. The number of rotatable bonds is 6. The summed E-state index contributed by atoms with van der Waals surface area (Å²) < 4.78 is 7.26. The second-order valence-electron chi connectivity index (χ2n) is 8.05. The van der Waals surface area contributed by atoms with Crippen molar-refractivity contribution >= 4 is 16.7 Å². The predicted octanol–water partition coefficient (Wildman–Crippen LogP) is 4.23. The quantitative estimate of drug-likeness (QED) is 0.666. The van der Waals surface area contributed by atoms with Gasteiger partial charge in [-0.2, -0.15) is 5.10 Å². The van der Waals surface area contributed by atoms with Crippen molar-refractivity contribution < 1.29 is 9.53 Å². The van der Waals surface area contributed by atoms with Crippen LogP contribution in [0, 0.1) is 0 Å². The number of carbonyl (C=O) groups excluding carboxylic acids is 1. The zero-order valence-corrected chi connectivity index (χ0v) is 17.4. The maximum absolute atomic E-state index is 12.9. The molecule has 0 saturated heterocycles. The van der Waals surface area contributed by atoms with E-state index in [4.69, 9.17) is 4.74 Å². The lowest BCUT2D eigenvalue weighted by Gasteiger charge is -2.16. The van der Waals surface area contributed by atoms with Gasteiger partial charge >= 0.3 is 0 Å². The first kappa shape index (κ1) is 20.1. The number of hydrogen-bond donors (Lipinski definition) is 1. The molecular weight excluding hydrogens is 378 g/mol. The van der Waals surface area contributed by atoms with Crippen LogP contribution in [0.5, 0.6) is 5.75 Å². The first-order valence-corrected chi connectivity index (χ1v) is 10.6. The molecule has 1 amide bonds.